The maximum absolute atomic E-state index is 6.10. The van der Waals surface area contributed by atoms with E-state index in [1.165, 1.54) is 70.8 Å². The van der Waals surface area contributed by atoms with Gasteiger partial charge in [0.15, 0.2) is 0 Å². The predicted molar refractivity (Wildman–Crippen MR) is 81.1 cm³/mol. The van der Waals surface area contributed by atoms with Gasteiger partial charge in [-0.25, -0.2) is 0 Å². The van der Waals surface area contributed by atoms with Crippen molar-refractivity contribution in [2.45, 2.75) is 83.2 Å². The van der Waals surface area contributed by atoms with E-state index >= 15 is 0 Å². The number of hydrogen-bond acceptors (Lipinski definition) is 2. The van der Waals surface area contributed by atoms with Crippen LogP contribution in [0.5, 0.6) is 0 Å². The van der Waals surface area contributed by atoms with E-state index in [1.807, 2.05) is 0 Å². The highest BCUT2D eigenvalue weighted by Crippen LogP contribution is 2.54. The van der Waals surface area contributed by atoms with Crippen LogP contribution in [0.4, 0.5) is 0 Å². The lowest BCUT2D eigenvalue weighted by atomic mass is 9.56. The third-order valence-electron chi connectivity index (χ3n) is 6.59. The molecule has 2 saturated carbocycles. The summed E-state index contributed by atoms with van der Waals surface area (Å²) in [5.74, 6) is 0.937. The standard InChI is InChI=1S/C17H32N2/c1-2-14-7-11-19(15(12-14)13-18)16-6-10-17(16)8-4-3-5-9-17/h14-16H,2-13,18H2,1H3. The zero-order valence-corrected chi connectivity index (χ0v) is 12.7. The Morgan fingerprint density at radius 3 is 2.47 bits per heavy atom. The molecule has 19 heavy (non-hydrogen) atoms. The zero-order valence-electron chi connectivity index (χ0n) is 12.7. The summed E-state index contributed by atoms with van der Waals surface area (Å²) in [5, 5.41) is 0. The van der Waals surface area contributed by atoms with E-state index in [-0.39, 0.29) is 0 Å². The van der Waals surface area contributed by atoms with Crippen molar-refractivity contribution in [3.63, 3.8) is 0 Å². The van der Waals surface area contributed by atoms with Crippen molar-refractivity contribution in [3.05, 3.63) is 0 Å². The van der Waals surface area contributed by atoms with Crippen LogP contribution in [0.2, 0.25) is 0 Å². The highest BCUT2D eigenvalue weighted by molar-refractivity contribution is 5.05. The molecule has 2 nitrogen and oxygen atoms in total. The van der Waals surface area contributed by atoms with Crippen LogP contribution in [-0.2, 0) is 0 Å². The molecule has 0 amide bonds. The number of nitrogens with zero attached hydrogens (tertiary/aromatic N) is 1. The number of nitrogens with two attached hydrogens (primary N) is 1. The van der Waals surface area contributed by atoms with Gasteiger partial charge in [0.1, 0.15) is 0 Å². The Kier molecular flexibility index (Phi) is 4.19. The summed E-state index contributed by atoms with van der Waals surface area (Å²) in [5.41, 5.74) is 6.82. The predicted octanol–water partition coefficient (Wildman–Crippen LogP) is 3.55. The molecule has 2 heteroatoms. The lowest BCUT2D eigenvalue weighted by Crippen LogP contribution is -2.62. The first-order chi connectivity index (χ1) is 9.29. The highest BCUT2D eigenvalue weighted by Gasteiger charge is 2.51. The lowest BCUT2D eigenvalue weighted by Gasteiger charge is -2.59. The van der Waals surface area contributed by atoms with Crippen molar-refractivity contribution in [3.8, 4) is 0 Å². The van der Waals surface area contributed by atoms with E-state index in [0.29, 0.717) is 11.5 Å². The molecule has 1 saturated heterocycles. The van der Waals surface area contributed by atoms with Gasteiger partial charge in [-0.3, -0.25) is 4.90 Å². The second-order valence-electron chi connectivity index (χ2n) is 7.40. The van der Waals surface area contributed by atoms with Crippen molar-refractivity contribution in [2.24, 2.45) is 17.1 Å². The molecule has 1 spiro atoms. The van der Waals surface area contributed by atoms with Gasteiger partial charge in [-0.05, 0) is 56.4 Å². The SMILES string of the molecule is CCC1CCN(C2CCC23CCCCC3)C(CN)C1. The number of rotatable bonds is 3. The monoisotopic (exact) mass is 264 g/mol. The van der Waals surface area contributed by atoms with Gasteiger partial charge in [0.2, 0.25) is 0 Å². The average Bonchev–Trinajstić information content (AvgIpc) is 2.47. The highest BCUT2D eigenvalue weighted by atomic mass is 15.2. The Morgan fingerprint density at radius 1 is 1.11 bits per heavy atom. The minimum Gasteiger partial charge on any atom is -0.329 e. The van der Waals surface area contributed by atoms with Crippen LogP contribution in [0.15, 0.2) is 0 Å². The summed E-state index contributed by atoms with van der Waals surface area (Å²) < 4.78 is 0. The first-order valence-corrected chi connectivity index (χ1v) is 8.75. The molecule has 3 unspecified atom stereocenters. The van der Waals surface area contributed by atoms with Crippen LogP contribution >= 0.6 is 0 Å². The quantitative estimate of drug-likeness (QED) is 0.844. The van der Waals surface area contributed by atoms with Crippen molar-refractivity contribution < 1.29 is 0 Å². The van der Waals surface area contributed by atoms with Gasteiger partial charge in [-0.1, -0.05) is 32.6 Å². The average molecular weight is 264 g/mol. The Balaban J connectivity index is 1.67. The fraction of sp³-hybridized carbons (Fsp3) is 1.00. The van der Waals surface area contributed by atoms with Gasteiger partial charge >= 0.3 is 0 Å². The van der Waals surface area contributed by atoms with E-state index in [4.69, 9.17) is 5.73 Å². The lowest BCUT2D eigenvalue weighted by molar-refractivity contribution is -0.0850. The Labute approximate surface area is 119 Å². The summed E-state index contributed by atoms with van der Waals surface area (Å²) in [6, 6.07) is 1.57. The normalized spacial score (nSPS) is 39.2. The smallest absolute Gasteiger partial charge is 0.0224 e. The van der Waals surface area contributed by atoms with Crippen LogP contribution in [0, 0.1) is 11.3 Å². The molecule has 0 bridgehead atoms. The fourth-order valence-electron chi connectivity index (χ4n) is 5.20. The van der Waals surface area contributed by atoms with Crippen molar-refractivity contribution in [1.29, 1.82) is 0 Å². The molecule has 0 aromatic rings. The van der Waals surface area contributed by atoms with Gasteiger partial charge in [0.05, 0.1) is 0 Å². The molecule has 2 N–H and O–H groups in total. The Bertz CT molecular complexity index is 296. The molecule has 1 aliphatic heterocycles. The molecular formula is C17H32N2. The third kappa shape index (κ3) is 2.47. The van der Waals surface area contributed by atoms with Crippen molar-refractivity contribution in [1.82, 2.24) is 4.90 Å². The van der Waals surface area contributed by atoms with E-state index in [9.17, 15) is 0 Å². The minimum absolute atomic E-state index is 0.683. The van der Waals surface area contributed by atoms with Gasteiger partial charge in [-0.2, -0.15) is 0 Å². The maximum atomic E-state index is 6.10. The zero-order chi connectivity index (χ0) is 13.3. The minimum atomic E-state index is 0.683. The number of piperidine rings is 1. The molecule has 0 aromatic heterocycles. The summed E-state index contributed by atoms with van der Waals surface area (Å²) in [4.78, 5) is 2.85. The van der Waals surface area contributed by atoms with Gasteiger partial charge in [0, 0.05) is 18.6 Å². The summed E-state index contributed by atoms with van der Waals surface area (Å²) >= 11 is 0. The molecule has 1 heterocycles. The molecule has 0 radical (unpaired) electrons. The summed E-state index contributed by atoms with van der Waals surface area (Å²) in [7, 11) is 0. The number of hydrogen-bond donors (Lipinski definition) is 1. The third-order valence-corrected chi connectivity index (χ3v) is 6.59. The number of likely N-dealkylation sites (tertiary alicyclic amines) is 1. The van der Waals surface area contributed by atoms with E-state index < -0.39 is 0 Å². The van der Waals surface area contributed by atoms with E-state index in [1.54, 1.807) is 0 Å². The van der Waals surface area contributed by atoms with Gasteiger partial charge < -0.3 is 5.73 Å². The topological polar surface area (TPSA) is 29.3 Å². The molecule has 2 aliphatic carbocycles. The van der Waals surface area contributed by atoms with Crippen LogP contribution in [0.3, 0.4) is 0 Å². The molecular weight excluding hydrogens is 232 g/mol. The summed E-state index contributed by atoms with van der Waals surface area (Å²) in [6.07, 6.45) is 14.5. The molecule has 3 aliphatic rings. The fourth-order valence-corrected chi connectivity index (χ4v) is 5.20. The Morgan fingerprint density at radius 2 is 1.89 bits per heavy atom. The first-order valence-electron chi connectivity index (χ1n) is 8.75. The van der Waals surface area contributed by atoms with Crippen LogP contribution in [-0.4, -0.2) is 30.1 Å². The van der Waals surface area contributed by atoms with Gasteiger partial charge in [-0.15, -0.1) is 0 Å². The van der Waals surface area contributed by atoms with Crippen LogP contribution in [0.25, 0.3) is 0 Å². The molecule has 3 rings (SSSR count). The molecule has 3 atom stereocenters. The molecule has 110 valence electrons. The van der Waals surface area contributed by atoms with E-state index in [0.717, 1.165) is 18.5 Å². The first kappa shape index (κ1) is 13.9. The van der Waals surface area contributed by atoms with Crippen LogP contribution in [0.1, 0.15) is 71.1 Å². The van der Waals surface area contributed by atoms with E-state index in [2.05, 4.69) is 11.8 Å². The van der Waals surface area contributed by atoms with Crippen LogP contribution < -0.4 is 5.73 Å². The molecule has 0 aromatic carbocycles. The second-order valence-corrected chi connectivity index (χ2v) is 7.40. The Hall–Kier alpha value is -0.0800. The molecule has 3 fully saturated rings. The summed E-state index contributed by atoms with van der Waals surface area (Å²) in [6.45, 7) is 4.55. The maximum Gasteiger partial charge on any atom is 0.0224 e. The van der Waals surface area contributed by atoms with Crippen molar-refractivity contribution >= 4 is 0 Å². The second kappa shape index (κ2) is 5.73. The van der Waals surface area contributed by atoms with Crippen molar-refractivity contribution in [2.75, 3.05) is 13.1 Å². The van der Waals surface area contributed by atoms with Gasteiger partial charge in [0.25, 0.3) is 0 Å². The largest absolute Gasteiger partial charge is 0.329 e.